The monoisotopic (exact) mass is 164 g/mol. The molecule has 2 atom stereocenters. The molecular weight excluding hydrogens is 144 g/mol. The van der Waals surface area contributed by atoms with Crippen molar-refractivity contribution >= 4 is 0 Å². The average molecular weight is 164 g/mol. The molecule has 0 nitrogen and oxygen atoms in total. The minimum Gasteiger partial charge on any atom is -0.0986 e. The summed E-state index contributed by atoms with van der Waals surface area (Å²) >= 11 is 0. The predicted molar refractivity (Wildman–Crippen MR) is 55.1 cm³/mol. The highest BCUT2D eigenvalue weighted by molar-refractivity contribution is 5.45. The Kier molecular flexibility index (Phi) is 2.20. The Hall–Kier alpha value is -0.520. The van der Waals surface area contributed by atoms with E-state index in [4.69, 9.17) is 0 Å². The Balaban J connectivity index is 2.93. The summed E-state index contributed by atoms with van der Waals surface area (Å²) in [5.74, 6) is 0.694. The molecule has 12 heavy (non-hydrogen) atoms. The second-order valence-corrected chi connectivity index (χ2v) is 4.21. The van der Waals surface area contributed by atoms with E-state index in [1.54, 1.807) is 5.57 Å². The van der Waals surface area contributed by atoms with Gasteiger partial charge in [-0.05, 0) is 26.2 Å². The van der Waals surface area contributed by atoms with Crippen molar-refractivity contribution in [2.45, 2.75) is 41.0 Å². The van der Waals surface area contributed by atoms with Gasteiger partial charge in [0.1, 0.15) is 0 Å². The molecule has 0 aromatic carbocycles. The lowest BCUT2D eigenvalue weighted by Gasteiger charge is -2.13. The fraction of sp³-hybridized carbons (Fsp3) is 0.667. The number of allylic oxidation sites excluding steroid dienone is 3. The molecular formula is C12H20. The van der Waals surface area contributed by atoms with Gasteiger partial charge in [0.2, 0.25) is 0 Å². The van der Waals surface area contributed by atoms with Crippen LogP contribution in [0.25, 0.3) is 0 Å². The van der Waals surface area contributed by atoms with Gasteiger partial charge in [-0.3, -0.25) is 0 Å². The third-order valence-electron chi connectivity index (χ3n) is 3.92. The zero-order valence-corrected chi connectivity index (χ0v) is 8.99. The maximum Gasteiger partial charge on any atom is 0.0155 e. The molecule has 0 radical (unpaired) electrons. The van der Waals surface area contributed by atoms with E-state index in [-0.39, 0.29) is 0 Å². The summed E-state index contributed by atoms with van der Waals surface area (Å²) in [5.41, 5.74) is 4.82. The number of hydrogen-bond donors (Lipinski definition) is 0. The Morgan fingerprint density at radius 2 is 1.92 bits per heavy atom. The van der Waals surface area contributed by atoms with Crippen molar-refractivity contribution in [3.63, 3.8) is 0 Å². The van der Waals surface area contributed by atoms with Gasteiger partial charge in [0.05, 0.1) is 0 Å². The number of hydrogen-bond acceptors (Lipinski definition) is 0. The van der Waals surface area contributed by atoms with Crippen LogP contribution in [-0.4, -0.2) is 0 Å². The van der Waals surface area contributed by atoms with Gasteiger partial charge in [-0.1, -0.05) is 44.1 Å². The minimum absolute atomic E-state index is 0.333. The van der Waals surface area contributed by atoms with Crippen molar-refractivity contribution in [2.75, 3.05) is 0 Å². The molecule has 0 N–H and O–H groups in total. The van der Waals surface area contributed by atoms with Gasteiger partial charge >= 0.3 is 0 Å². The summed E-state index contributed by atoms with van der Waals surface area (Å²) in [4.78, 5) is 0. The first kappa shape index (κ1) is 9.57. The predicted octanol–water partition coefficient (Wildman–Crippen LogP) is 3.95. The van der Waals surface area contributed by atoms with Crippen LogP contribution in [0.3, 0.4) is 0 Å². The van der Waals surface area contributed by atoms with Gasteiger partial charge in [0, 0.05) is 5.41 Å². The van der Waals surface area contributed by atoms with Crippen LogP contribution in [0.15, 0.2) is 23.3 Å². The van der Waals surface area contributed by atoms with Gasteiger partial charge in [-0.15, -0.1) is 0 Å². The summed E-state index contributed by atoms with van der Waals surface area (Å²) in [6.45, 7) is 15.4. The van der Waals surface area contributed by atoms with E-state index in [9.17, 15) is 0 Å². The maximum absolute atomic E-state index is 4.10. The summed E-state index contributed by atoms with van der Waals surface area (Å²) in [6.07, 6.45) is 1.17. The van der Waals surface area contributed by atoms with E-state index in [2.05, 4.69) is 41.2 Å². The van der Waals surface area contributed by atoms with Crippen molar-refractivity contribution in [2.24, 2.45) is 11.3 Å². The third kappa shape index (κ3) is 1.05. The van der Waals surface area contributed by atoms with Crippen molar-refractivity contribution in [1.29, 1.82) is 0 Å². The van der Waals surface area contributed by atoms with Gasteiger partial charge in [-0.2, -0.15) is 0 Å². The first-order valence-corrected chi connectivity index (χ1v) is 4.82. The summed E-state index contributed by atoms with van der Waals surface area (Å²) < 4.78 is 0. The lowest BCUT2D eigenvalue weighted by molar-refractivity contribution is 0.617. The summed E-state index contributed by atoms with van der Waals surface area (Å²) in [6, 6.07) is 0. The molecule has 2 unspecified atom stereocenters. The average Bonchev–Trinajstić information content (AvgIpc) is 2.55. The van der Waals surface area contributed by atoms with Crippen LogP contribution in [0.4, 0.5) is 0 Å². The number of rotatable bonds is 2. The molecule has 0 aromatic heterocycles. The molecule has 1 aliphatic rings. The highest BCUT2D eigenvalue weighted by atomic mass is 14.6. The zero-order chi connectivity index (χ0) is 9.52. The van der Waals surface area contributed by atoms with Crippen molar-refractivity contribution in [3.05, 3.63) is 23.3 Å². The molecule has 1 fully saturated rings. The van der Waals surface area contributed by atoms with Crippen LogP contribution in [0.2, 0.25) is 0 Å². The zero-order valence-electron chi connectivity index (χ0n) is 8.99. The molecule has 68 valence electrons. The fourth-order valence-corrected chi connectivity index (χ4v) is 1.99. The standard InChI is InChI=1S/C12H20/c1-7-8(2)9(3)12(6)10(4)11(12)5/h11H,4,7H2,1-3,5-6H3. The van der Waals surface area contributed by atoms with Crippen LogP contribution < -0.4 is 0 Å². The quantitative estimate of drug-likeness (QED) is 0.542. The molecule has 1 saturated carbocycles. The van der Waals surface area contributed by atoms with Crippen molar-refractivity contribution < 1.29 is 0 Å². The van der Waals surface area contributed by atoms with E-state index >= 15 is 0 Å². The van der Waals surface area contributed by atoms with E-state index < -0.39 is 0 Å². The molecule has 0 spiro atoms. The van der Waals surface area contributed by atoms with Gasteiger partial charge in [0.15, 0.2) is 0 Å². The summed E-state index contributed by atoms with van der Waals surface area (Å²) in [5, 5.41) is 0. The largest absolute Gasteiger partial charge is 0.0986 e. The Morgan fingerprint density at radius 3 is 2.17 bits per heavy atom. The lowest BCUT2D eigenvalue weighted by atomic mass is 9.91. The first-order chi connectivity index (χ1) is 5.46. The highest BCUT2D eigenvalue weighted by Crippen LogP contribution is 2.62. The SMILES string of the molecule is C=C1C(C)C1(C)C(C)=C(C)CC. The van der Waals surface area contributed by atoms with Crippen LogP contribution >= 0.6 is 0 Å². The molecule has 1 aliphatic carbocycles. The Bertz CT molecular complexity index is 245. The van der Waals surface area contributed by atoms with E-state index in [0.717, 1.165) is 0 Å². The van der Waals surface area contributed by atoms with Crippen LogP contribution in [0.1, 0.15) is 41.0 Å². The normalized spacial score (nSPS) is 36.4. The van der Waals surface area contributed by atoms with Gasteiger partial charge < -0.3 is 0 Å². The van der Waals surface area contributed by atoms with Crippen LogP contribution in [0.5, 0.6) is 0 Å². The Morgan fingerprint density at radius 1 is 1.50 bits per heavy atom. The van der Waals surface area contributed by atoms with E-state index in [1.165, 1.54) is 17.6 Å². The molecule has 0 bridgehead atoms. The Labute approximate surface area is 76.4 Å². The second-order valence-electron chi connectivity index (χ2n) is 4.21. The third-order valence-corrected chi connectivity index (χ3v) is 3.92. The summed E-state index contributed by atoms with van der Waals surface area (Å²) in [7, 11) is 0. The van der Waals surface area contributed by atoms with Crippen LogP contribution in [0, 0.1) is 11.3 Å². The van der Waals surface area contributed by atoms with Crippen LogP contribution in [-0.2, 0) is 0 Å². The first-order valence-electron chi connectivity index (χ1n) is 4.82. The van der Waals surface area contributed by atoms with E-state index in [0.29, 0.717) is 11.3 Å². The molecule has 0 amide bonds. The highest BCUT2D eigenvalue weighted by Gasteiger charge is 2.52. The molecule has 1 rings (SSSR count). The molecule has 0 saturated heterocycles. The molecule has 0 heterocycles. The molecule has 0 heteroatoms. The maximum atomic E-state index is 4.10. The molecule has 0 aliphatic heterocycles. The van der Waals surface area contributed by atoms with Gasteiger partial charge in [-0.25, -0.2) is 0 Å². The van der Waals surface area contributed by atoms with Crippen molar-refractivity contribution in [3.8, 4) is 0 Å². The molecule has 0 aromatic rings. The van der Waals surface area contributed by atoms with Gasteiger partial charge in [0.25, 0.3) is 0 Å². The van der Waals surface area contributed by atoms with E-state index in [1.807, 2.05) is 0 Å². The fourth-order valence-electron chi connectivity index (χ4n) is 1.99. The van der Waals surface area contributed by atoms with Crippen molar-refractivity contribution in [1.82, 2.24) is 0 Å². The topological polar surface area (TPSA) is 0 Å². The lowest BCUT2D eigenvalue weighted by Crippen LogP contribution is -2.01. The minimum atomic E-state index is 0.333. The second kappa shape index (κ2) is 2.76. The smallest absolute Gasteiger partial charge is 0.0155 e.